The summed E-state index contributed by atoms with van der Waals surface area (Å²) < 4.78 is 0. The van der Waals surface area contributed by atoms with E-state index < -0.39 is 134 Å². The fourth-order valence-electron chi connectivity index (χ4n) is 4.67. The van der Waals surface area contributed by atoms with Gasteiger partial charge in [-0.3, -0.25) is 43.2 Å². The average Bonchev–Trinajstić information content (AvgIpc) is 3.57. The molecular weight excluding hydrogens is 736 g/mol. The highest BCUT2D eigenvalue weighted by Crippen LogP contribution is 2.19. The van der Waals surface area contributed by atoms with Crippen molar-refractivity contribution in [1.82, 2.24) is 36.8 Å². The molecule has 1 fully saturated rings. The Hall–Kier alpha value is -4.68. The lowest BCUT2D eigenvalue weighted by Crippen LogP contribution is -2.58. The molecule has 7 atom stereocenters. The molecule has 0 aromatic heterocycles. The van der Waals surface area contributed by atoms with E-state index in [-0.39, 0.29) is 24.5 Å². The zero-order valence-electron chi connectivity index (χ0n) is 27.9. The Bertz CT molecular complexity index is 1370. The van der Waals surface area contributed by atoms with Crippen LogP contribution in [0, 0.1) is 0 Å². The number of aliphatic hydroxyl groups is 1. The van der Waals surface area contributed by atoms with E-state index in [2.05, 4.69) is 57.2 Å². The SMILES string of the molecule is C[C@@H](O)[C@H](NC(=O)CNC(=O)[C@@H]1CCCN1C(=O)[C@H](CC(=O)O)NC(=O)[C@@H](N)CS)C(=O)NCC(=O)N[C@@H](CCC(=O)O)C(=O)N[C@@H](CS)C(=O)O. The van der Waals surface area contributed by atoms with Crippen molar-refractivity contribution in [3.63, 3.8) is 0 Å². The summed E-state index contributed by atoms with van der Waals surface area (Å²) in [6.45, 7) is -0.400. The second-order valence-corrected chi connectivity index (χ2v) is 12.2. The van der Waals surface area contributed by atoms with E-state index in [1.165, 1.54) is 0 Å². The molecular formula is C28H44N8O14S2. The summed E-state index contributed by atoms with van der Waals surface area (Å²) in [6, 6.07) is -8.44. The van der Waals surface area contributed by atoms with Gasteiger partial charge in [0.1, 0.15) is 30.2 Å². The van der Waals surface area contributed by atoms with Gasteiger partial charge in [-0.05, 0) is 26.2 Å². The molecule has 24 heteroatoms. The predicted octanol–water partition coefficient (Wildman–Crippen LogP) is -5.86. The number of nitrogens with two attached hydrogens (primary N) is 1. The van der Waals surface area contributed by atoms with E-state index in [4.69, 9.17) is 15.9 Å². The van der Waals surface area contributed by atoms with Gasteiger partial charge in [-0.2, -0.15) is 25.3 Å². The third-order valence-corrected chi connectivity index (χ3v) is 8.15. The van der Waals surface area contributed by atoms with Crippen molar-refractivity contribution in [2.45, 2.75) is 81.4 Å². The Morgan fingerprint density at radius 3 is 1.90 bits per heavy atom. The van der Waals surface area contributed by atoms with E-state index in [0.717, 1.165) is 11.8 Å². The van der Waals surface area contributed by atoms with Gasteiger partial charge in [-0.25, -0.2) is 4.79 Å². The maximum atomic E-state index is 13.2. The van der Waals surface area contributed by atoms with Crippen molar-refractivity contribution in [2.24, 2.45) is 5.73 Å². The number of aliphatic carboxylic acids is 3. The first-order chi connectivity index (χ1) is 24.3. The van der Waals surface area contributed by atoms with Crippen LogP contribution in [0.15, 0.2) is 0 Å². The number of carboxylic acids is 3. The summed E-state index contributed by atoms with van der Waals surface area (Å²) in [4.78, 5) is 123. The van der Waals surface area contributed by atoms with Crippen molar-refractivity contribution in [1.29, 1.82) is 0 Å². The number of carbonyl (C=O) groups is 10. The Balaban J connectivity index is 2.82. The summed E-state index contributed by atoms with van der Waals surface area (Å²) in [5, 5.41) is 50.6. The standard InChI is InChI=1S/C28H44N8O14S2/c1-12(37)22(26(47)31-8-18(38)32-14(4-5-20(40)41)24(45)34-16(11-52)28(49)50)35-19(39)9-30-25(46)17-3-2-6-36(17)27(48)15(7-21(42)43)33-23(44)13(29)10-51/h12-17,22,37,51-52H,2-11,29H2,1H3,(H,30,46)(H,31,47)(H,32,38)(H,33,44)(H,34,45)(H,35,39)(H,40,41)(H,42,43)(H,49,50)/t12-,13+,14+,15+,16+,17+,22+/m1/s1. The Morgan fingerprint density at radius 1 is 0.769 bits per heavy atom. The van der Waals surface area contributed by atoms with Crippen LogP contribution < -0.4 is 37.6 Å². The van der Waals surface area contributed by atoms with Crippen LogP contribution in [0.3, 0.4) is 0 Å². The van der Waals surface area contributed by atoms with Crippen molar-refractivity contribution in [3.8, 4) is 0 Å². The molecule has 1 aliphatic heterocycles. The minimum Gasteiger partial charge on any atom is -0.481 e. The van der Waals surface area contributed by atoms with E-state index in [0.29, 0.717) is 6.42 Å². The molecule has 52 heavy (non-hydrogen) atoms. The van der Waals surface area contributed by atoms with Crippen molar-refractivity contribution < 1.29 is 68.4 Å². The van der Waals surface area contributed by atoms with Gasteiger partial charge in [-0.15, -0.1) is 0 Å². The molecule has 0 aromatic rings. The van der Waals surface area contributed by atoms with Crippen molar-refractivity contribution in [2.75, 3.05) is 31.1 Å². The summed E-state index contributed by atoms with van der Waals surface area (Å²) in [5.74, 6) is -11.1. The van der Waals surface area contributed by atoms with Crippen LogP contribution in [-0.4, -0.2) is 158 Å². The lowest BCUT2D eigenvalue weighted by molar-refractivity contribution is -0.146. The first kappa shape index (κ1) is 45.3. The third-order valence-electron chi connectivity index (χ3n) is 7.39. The minimum atomic E-state index is -1.66. The van der Waals surface area contributed by atoms with Gasteiger partial charge < -0.3 is 63.0 Å². The van der Waals surface area contributed by atoms with Gasteiger partial charge in [0, 0.05) is 24.5 Å². The van der Waals surface area contributed by atoms with Gasteiger partial charge in [0.25, 0.3) is 0 Å². The maximum absolute atomic E-state index is 13.2. The zero-order chi connectivity index (χ0) is 39.7. The molecule has 0 unspecified atom stereocenters. The molecule has 0 spiro atoms. The molecule has 7 amide bonds. The first-order valence-corrected chi connectivity index (χ1v) is 17.0. The van der Waals surface area contributed by atoms with Crippen LogP contribution in [0.25, 0.3) is 0 Å². The molecule has 1 aliphatic rings. The molecule has 1 saturated heterocycles. The van der Waals surface area contributed by atoms with Crippen molar-refractivity contribution >= 4 is 84.5 Å². The highest BCUT2D eigenvalue weighted by molar-refractivity contribution is 7.80. The number of nitrogens with one attached hydrogen (secondary N) is 6. The van der Waals surface area contributed by atoms with Gasteiger partial charge >= 0.3 is 17.9 Å². The van der Waals surface area contributed by atoms with Crippen LogP contribution in [0.1, 0.15) is 39.0 Å². The topological polar surface area (TPSA) is 353 Å². The summed E-state index contributed by atoms with van der Waals surface area (Å²) in [7, 11) is 0. The molecule has 292 valence electrons. The summed E-state index contributed by atoms with van der Waals surface area (Å²) >= 11 is 7.71. The van der Waals surface area contributed by atoms with Crippen LogP contribution in [-0.2, 0) is 47.9 Å². The van der Waals surface area contributed by atoms with Gasteiger partial charge in [0.05, 0.1) is 31.7 Å². The number of hydrogen-bond acceptors (Lipinski definition) is 14. The number of likely N-dealkylation sites (tertiary alicyclic amines) is 1. The number of carboxylic acid groups (broad SMARTS) is 3. The number of nitrogens with zero attached hydrogens (tertiary/aromatic N) is 1. The summed E-state index contributed by atoms with van der Waals surface area (Å²) in [6.07, 6.45) is -2.88. The maximum Gasteiger partial charge on any atom is 0.327 e. The largest absolute Gasteiger partial charge is 0.481 e. The van der Waals surface area contributed by atoms with E-state index in [1.54, 1.807) is 0 Å². The van der Waals surface area contributed by atoms with Crippen LogP contribution in [0.5, 0.6) is 0 Å². The number of hydrogen-bond donors (Lipinski definition) is 13. The second kappa shape index (κ2) is 22.3. The number of thiol groups is 2. The highest BCUT2D eigenvalue weighted by Gasteiger charge is 2.39. The lowest BCUT2D eigenvalue weighted by Gasteiger charge is -2.28. The molecule has 22 nitrogen and oxygen atoms in total. The molecule has 1 rings (SSSR count). The third kappa shape index (κ3) is 15.3. The smallest absolute Gasteiger partial charge is 0.327 e. The zero-order valence-corrected chi connectivity index (χ0v) is 29.7. The minimum absolute atomic E-state index is 0.0368. The number of aliphatic hydroxyl groups excluding tert-OH is 1. The summed E-state index contributed by atoms with van der Waals surface area (Å²) in [5.41, 5.74) is 5.60. The van der Waals surface area contributed by atoms with Gasteiger partial charge in [0.15, 0.2) is 0 Å². The predicted molar refractivity (Wildman–Crippen MR) is 183 cm³/mol. The van der Waals surface area contributed by atoms with E-state index in [9.17, 15) is 58.2 Å². The molecule has 1 heterocycles. The lowest BCUT2D eigenvalue weighted by atomic mass is 10.1. The monoisotopic (exact) mass is 780 g/mol. The van der Waals surface area contributed by atoms with Crippen LogP contribution in [0.4, 0.5) is 0 Å². The molecule has 0 radical (unpaired) electrons. The molecule has 0 aromatic carbocycles. The first-order valence-electron chi connectivity index (χ1n) is 15.7. The van der Waals surface area contributed by atoms with Crippen LogP contribution in [0.2, 0.25) is 0 Å². The van der Waals surface area contributed by atoms with Crippen molar-refractivity contribution in [3.05, 3.63) is 0 Å². The molecule has 0 saturated carbocycles. The number of carbonyl (C=O) groups excluding carboxylic acids is 7. The Morgan fingerprint density at radius 2 is 1.37 bits per heavy atom. The molecule has 0 bridgehead atoms. The Kier molecular flexibility index (Phi) is 19.4. The normalized spacial score (nSPS) is 17.2. The van der Waals surface area contributed by atoms with Gasteiger partial charge in [0.2, 0.25) is 41.4 Å². The molecule has 0 aliphatic carbocycles. The van der Waals surface area contributed by atoms with E-state index in [1.807, 2.05) is 0 Å². The van der Waals surface area contributed by atoms with Crippen LogP contribution >= 0.6 is 25.3 Å². The average molecular weight is 781 g/mol. The Labute approximate surface area is 307 Å². The number of amides is 7. The fourth-order valence-corrected chi connectivity index (χ4v) is 5.08. The highest BCUT2D eigenvalue weighted by atomic mass is 32.1. The fraction of sp³-hybridized carbons (Fsp3) is 0.643. The van der Waals surface area contributed by atoms with E-state index >= 15 is 0 Å². The molecule has 12 N–H and O–H groups in total. The number of rotatable bonds is 22. The van der Waals surface area contributed by atoms with Gasteiger partial charge in [-0.1, -0.05) is 0 Å². The quantitative estimate of drug-likeness (QED) is 0.0455. The second-order valence-electron chi connectivity index (χ2n) is 11.5.